The van der Waals surface area contributed by atoms with Crippen LogP contribution in [0.25, 0.3) is 10.9 Å². The molecule has 3 rings (SSSR count). The molecule has 0 bridgehead atoms. The van der Waals surface area contributed by atoms with E-state index in [1.165, 1.54) is 6.20 Å². The minimum Gasteiger partial charge on any atom is -0.399 e. The van der Waals surface area contributed by atoms with E-state index in [0.717, 1.165) is 0 Å². The van der Waals surface area contributed by atoms with Gasteiger partial charge in [-0.25, -0.2) is 13.1 Å². The van der Waals surface area contributed by atoms with Gasteiger partial charge in [0.05, 0.1) is 6.10 Å². The molecule has 0 saturated heterocycles. The van der Waals surface area contributed by atoms with E-state index < -0.39 is 16.1 Å². The Morgan fingerprint density at radius 2 is 2.11 bits per heavy atom. The molecule has 1 heterocycles. The Labute approximate surface area is 110 Å². The molecule has 2 aromatic rings. The van der Waals surface area contributed by atoms with Crippen LogP contribution in [-0.4, -0.2) is 30.7 Å². The summed E-state index contributed by atoms with van der Waals surface area (Å²) in [6.45, 7) is 0. The number of nitrogens with one attached hydrogen (secondary N) is 2. The average molecular weight is 281 g/mol. The Bertz CT molecular complexity index is 717. The lowest BCUT2D eigenvalue weighted by molar-refractivity contribution is 0.0712. The predicted octanol–water partition coefficient (Wildman–Crippen LogP) is 0.552. The van der Waals surface area contributed by atoms with Crippen molar-refractivity contribution in [3.63, 3.8) is 0 Å². The third-order valence-corrected chi connectivity index (χ3v) is 4.95. The molecule has 0 amide bonds. The number of rotatable bonds is 3. The van der Waals surface area contributed by atoms with E-state index in [4.69, 9.17) is 5.73 Å². The second-order valence-electron chi connectivity index (χ2n) is 4.90. The smallest absolute Gasteiger partial charge is 0.242 e. The van der Waals surface area contributed by atoms with Crippen LogP contribution in [0.2, 0.25) is 0 Å². The molecule has 1 aliphatic rings. The van der Waals surface area contributed by atoms with Crippen molar-refractivity contribution in [2.75, 3.05) is 5.73 Å². The zero-order chi connectivity index (χ0) is 13.6. The number of nitrogens with two attached hydrogens (primary N) is 1. The van der Waals surface area contributed by atoms with E-state index >= 15 is 0 Å². The van der Waals surface area contributed by atoms with Gasteiger partial charge in [0.25, 0.3) is 0 Å². The molecule has 0 atom stereocenters. The number of nitrogen functional groups attached to an aromatic ring is 1. The van der Waals surface area contributed by atoms with E-state index in [9.17, 15) is 13.5 Å². The second-order valence-corrected chi connectivity index (χ2v) is 6.58. The molecule has 0 unspecified atom stereocenters. The molecule has 102 valence electrons. The maximum absolute atomic E-state index is 12.3. The summed E-state index contributed by atoms with van der Waals surface area (Å²) in [5.74, 6) is 0. The highest BCUT2D eigenvalue weighted by Gasteiger charge is 2.32. The van der Waals surface area contributed by atoms with E-state index in [2.05, 4.69) is 9.71 Å². The standard InChI is InChI=1S/C12H15N3O3S/c13-7-1-2-10-11(3-7)14-6-12(10)19(17,18)15-8-4-9(16)5-8/h1-3,6,8-9,14-16H,4-5,13H2. The lowest BCUT2D eigenvalue weighted by Gasteiger charge is -2.31. The first-order valence-corrected chi connectivity index (χ1v) is 7.51. The zero-order valence-electron chi connectivity index (χ0n) is 10.1. The van der Waals surface area contributed by atoms with Crippen molar-refractivity contribution < 1.29 is 13.5 Å². The topological polar surface area (TPSA) is 108 Å². The molecule has 0 spiro atoms. The molecule has 0 radical (unpaired) electrons. The Balaban J connectivity index is 1.94. The molecule has 1 fully saturated rings. The fraction of sp³-hybridized carbons (Fsp3) is 0.333. The van der Waals surface area contributed by atoms with Gasteiger partial charge >= 0.3 is 0 Å². The third kappa shape index (κ3) is 2.20. The first kappa shape index (κ1) is 12.5. The summed E-state index contributed by atoms with van der Waals surface area (Å²) in [5.41, 5.74) is 6.92. The number of hydrogen-bond donors (Lipinski definition) is 4. The monoisotopic (exact) mass is 281 g/mol. The second kappa shape index (κ2) is 4.22. The molecule has 0 aliphatic heterocycles. The molecule has 5 N–H and O–H groups in total. The van der Waals surface area contributed by atoms with Crippen LogP contribution in [0.4, 0.5) is 5.69 Å². The zero-order valence-corrected chi connectivity index (χ0v) is 10.9. The molecule has 19 heavy (non-hydrogen) atoms. The molecular formula is C12H15N3O3S. The van der Waals surface area contributed by atoms with E-state index in [-0.39, 0.29) is 10.9 Å². The first-order chi connectivity index (χ1) is 8.95. The van der Waals surface area contributed by atoms with Crippen molar-refractivity contribution in [3.8, 4) is 0 Å². The van der Waals surface area contributed by atoms with Crippen molar-refractivity contribution in [3.05, 3.63) is 24.4 Å². The van der Waals surface area contributed by atoms with Crippen molar-refractivity contribution in [2.45, 2.75) is 29.9 Å². The Morgan fingerprint density at radius 1 is 1.37 bits per heavy atom. The number of anilines is 1. The first-order valence-electron chi connectivity index (χ1n) is 6.03. The highest BCUT2D eigenvalue weighted by Crippen LogP contribution is 2.27. The predicted molar refractivity (Wildman–Crippen MR) is 72.1 cm³/mol. The lowest BCUT2D eigenvalue weighted by atomic mass is 9.91. The summed E-state index contributed by atoms with van der Waals surface area (Å²) in [6, 6.07) is 4.87. The summed E-state index contributed by atoms with van der Waals surface area (Å²) < 4.78 is 27.1. The highest BCUT2D eigenvalue weighted by molar-refractivity contribution is 7.89. The van der Waals surface area contributed by atoms with Gasteiger partial charge in [0.15, 0.2) is 0 Å². The van der Waals surface area contributed by atoms with Gasteiger partial charge in [-0.2, -0.15) is 0 Å². The highest BCUT2D eigenvalue weighted by atomic mass is 32.2. The molecule has 6 nitrogen and oxygen atoms in total. The number of aromatic amines is 1. The third-order valence-electron chi connectivity index (χ3n) is 3.39. The summed E-state index contributed by atoms with van der Waals surface area (Å²) in [5, 5.41) is 9.81. The van der Waals surface area contributed by atoms with Crippen LogP contribution < -0.4 is 10.5 Å². The molecule has 1 aliphatic carbocycles. The maximum Gasteiger partial charge on any atom is 0.242 e. The largest absolute Gasteiger partial charge is 0.399 e. The molecule has 1 aromatic heterocycles. The fourth-order valence-corrected chi connectivity index (χ4v) is 3.75. The number of aliphatic hydroxyl groups is 1. The molecule has 1 aromatic carbocycles. The number of aromatic nitrogens is 1. The van der Waals surface area contributed by atoms with Gasteiger partial charge in [-0.05, 0) is 31.0 Å². The van der Waals surface area contributed by atoms with Crippen molar-refractivity contribution in [1.82, 2.24) is 9.71 Å². The van der Waals surface area contributed by atoms with Crippen molar-refractivity contribution >= 4 is 26.6 Å². The van der Waals surface area contributed by atoms with E-state index in [0.29, 0.717) is 29.4 Å². The summed E-state index contributed by atoms with van der Waals surface area (Å²) in [7, 11) is -3.57. The molecule has 7 heteroatoms. The normalized spacial score (nSPS) is 23.4. The van der Waals surface area contributed by atoms with Gasteiger partial charge in [0, 0.05) is 28.8 Å². The van der Waals surface area contributed by atoms with Crippen LogP contribution in [0.5, 0.6) is 0 Å². The number of H-pyrrole nitrogens is 1. The van der Waals surface area contributed by atoms with Gasteiger partial charge < -0.3 is 15.8 Å². The lowest BCUT2D eigenvalue weighted by Crippen LogP contribution is -2.46. The Morgan fingerprint density at radius 3 is 2.79 bits per heavy atom. The quantitative estimate of drug-likeness (QED) is 0.616. The van der Waals surface area contributed by atoms with Crippen LogP contribution in [0.15, 0.2) is 29.3 Å². The number of benzene rings is 1. The minimum absolute atomic E-state index is 0.182. The summed E-state index contributed by atoms with van der Waals surface area (Å²) in [4.78, 5) is 3.12. The van der Waals surface area contributed by atoms with Crippen molar-refractivity contribution in [1.29, 1.82) is 0 Å². The number of fused-ring (bicyclic) bond motifs is 1. The molecular weight excluding hydrogens is 266 g/mol. The number of hydrogen-bond acceptors (Lipinski definition) is 4. The van der Waals surface area contributed by atoms with Crippen LogP contribution in [0, 0.1) is 0 Å². The van der Waals surface area contributed by atoms with Gasteiger partial charge in [-0.3, -0.25) is 0 Å². The van der Waals surface area contributed by atoms with Crippen LogP contribution >= 0.6 is 0 Å². The van der Waals surface area contributed by atoms with Crippen LogP contribution in [0.1, 0.15) is 12.8 Å². The number of aliphatic hydroxyl groups excluding tert-OH is 1. The Hall–Kier alpha value is -1.57. The van der Waals surface area contributed by atoms with Gasteiger partial charge in [-0.15, -0.1) is 0 Å². The number of sulfonamides is 1. The Kier molecular flexibility index (Phi) is 2.77. The average Bonchev–Trinajstić information content (AvgIpc) is 2.70. The van der Waals surface area contributed by atoms with E-state index in [1.807, 2.05) is 0 Å². The van der Waals surface area contributed by atoms with Gasteiger partial charge in [-0.1, -0.05) is 0 Å². The van der Waals surface area contributed by atoms with Crippen LogP contribution in [0.3, 0.4) is 0 Å². The summed E-state index contributed by atoms with van der Waals surface area (Å²) in [6.07, 6.45) is 2.00. The minimum atomic E-state index is -3.57. The van der Waals surface area contributed by atoms with Gasteiger partial charge in [0.2, 0.25) is 10.0 Å². The van der Waals surface area contributed by atoms with Crippen molar-refractivity contribution in [2.24, 2.45) is 0 Å². The molecule has 1 saturated carbocycles. The SMILES string of the molecule is Nc1ccc2c(S(=O)(=O)NC3CC(O)C3)c[nH]c2c1. The van der Waals surface area contributed by atoms with Crippen LogP contribution in [-0.2, 0) is 10.0 Å². The fourth-order valence-electron chi connectivity index (χ4n) is 2.31. The van der Waals surface area contributed by atoms with Gasteiger partial charge in [0.1, 0.15) is 4.90 Å². The maximum atomic E-state index is 12.3. The van der Waals surface area contributed by atoms with E-state index in [1.54, 1.807) is 18.2 Å². The summed E-state index contributed by atoms with van der Waals surface area (Å²) >= 11 is 0.